The van der Waals surface area contributed by atoms with Gasteiger partial charge in [0.15, 0.2) is 6.61 Å². The molecule has 2 aromatic carbocycles. The van der Waals surface area contributed by atoms with E-state index in [2.05, 4.69) is 44.4 Å². The van der Waals surface area contributed by atoms with Crippen LogP contribution in [-0.2, 0) is 6.61 Å². The number of aromatic nitrogens is 2. The lowest BCUT2D eigenvalue weighted by atomic mass is 10.0. The van der Waals surface area contributed by atoms with Crippen LogP contribution in [0.1, 0.15) is 33.7 Å². The third-order valence-corrected chi connectivity index (χ3v) is 5.60. The van der Waals surface area contributed by atoms with E-state index in [4.69, 9.17) is 9.26 Å². The molecule has 1 aliphatic heterocycles. The Morgan fingerprint density at radius 2 is 1.81 bits per heavy atom. The van der Waals surface area contributed by atoms with Crippen LogP contribution in [0.2, 0.25) is 0 Å². The minimum Gasteiger partial charge on any atom is -0.485 e. The second kappa shape index (κ2) is 10.4. The number of ether oxygens (including phenoxy) is 1. The van der Waals surface area contributed by atoms with Crippen LogP contribution >= 0.6 is 0 Å². The van der Waals surface area contributed by atoms with Gasteiger partial charge in [0.2, 0.25) is 11.7 Å². The van der Waals surface area contributed by atoms with Gasteiger partial charge in [-0.2, -0.15) is 4.98 Å². The van der Waals surface area contributed by atoms with E-state index >= 15 is 0 Å². The number of hydrogen-bond donors (Lipinski definition) is 1. The first kappa shape index (κ1) is 22.0. The average Bonchev–Trinajstić information content (AvgIpc) is 3.24. The molecule has 1 aliphatic rings. The normalized spacial score (nSPS) is 15.9. The molecule has 1 atom stereocenters. The quantitative estimate of drug-likeness (QED) is 0.582. The molecule has 0 spiro atoms. The molecule has 1 fully saturated rings. The maximum absolute atomic E-state index is 13.0. The van der Waals surface area contributed by atoms with E-state index in [0.717, 1.165) is 38.3 Å². The summed E-state index contributed by atoms with van der Waals surface area (Å²) in [4.78, 5) is 21.9. The van der Waals surface area contributed by atoms with E-state index in [0.29, 0.717) is 23.0 Å². The summed E-state index contributed by atoms with van der Waals surface area (Å²) in [5, 5.41) is 7.03. The number of carbonyl (C=O) groups is 1. The first-order chi connectivity index (χ1) is 15.6. The third-order valence-electron chi connectivity index (χ3n) is 5.60. The number of benzene rings is 2. The predicted molar refractivity (Wildman–Crippen MR) is 120 cm³/mol. The second-order valence-electron chi connectivity index (χ2n) is 8.08. The number of rotatable bonds is 8. The minimum atomic E-state index is -0.103. The molecule has 1 unspecified atom stereocenters. The summed E-state index contributed by atoms with van der Waals surface area (Å²) < 4.78 is 10.6. The number of nitrogens with zero attached hydrogens (tertiary/aromatic N) is 4. The molecule has 0 aliphatic carbocycles. The van der Waals surface area contributed by atoms with Gasteiger partial charge in [-0.1, -0.05) is 35.5 Å². The summed E-state index contributed by atoms with van der Waals surface area (Å²) in [5.41, 5.74) is 1.70. The summed E-state index contributed by atoms with van der Waals surface area (Å²) in [6, 6.07) is 17.2. The largest absolute Gasteiger partial charge is 0.485 e. The average molecular weight is 436 g/mol. The van der Waals surface area contributed by atoms with E-state index < -0.39 is 0 Å². The summed E-state index contributed by atoms with van der Waals surface area (Å²) in [6.45, 7) is 6.82. The van der Waals surface area contributed by atoms with Gasteiger partial charge in [0.1, 0.15) is 5.75 Å². The summed E-state index contributed by atoms with van der Waals surface area (Å²) in [6.07, 6.45) is 0. The number of likely N-dealkylation sites (N-methyl/N-ethyl adjacent to an activating group) is 1. The number of carbonyl (C=O) groups excluding carboxylic acids is 1. The van der Waals surface area contributed by atoms with Crippen LogP contribution in [0.4, 0.5) is 0 Å². The van der Waals surface area contributed by atoms with Gasteiger partial charge in [0.05, 0.1) is 6.04 Å². The van der Waals surface area contributed by atoms with Crippen molar-refractivity contribution >= 4 is 5.91 Å². The molecule has 1 saturated heterocycles. The highest BCUT2D eigenvalue weighted by Crippen LogP contribution is 2.18. The Hall–Kier alpha value is -3.23. The van der Waals surface area contributed by atoms with Crippen molar-refractivity contribution in [3.63, 3.8) is 0 Å². The first-order valence-electron chi connectivity index (χ1n) is 10.9. The van der Waals surface area contributed by atoms with E-state index in [9.17, 15) is 4.79 Å². The highest BCUT2D eigenvalue weighted by Gasteiger charge is 2.21. The maximum Gasteiger partial charge on any atom is 0.251 e. The Balaban J connectivity index is 1.38. The zero-order valence-electron chi connectivity index (χ0n) is 18.5. The Bertz CT molecular complexity index is 998. The zero-order valence-corrected chi connectivity index (χ0v) is 18.5. The van der Waals surface area contributed by atoms with Crippen LogP contribution < -0.4 is 10.1 Å². The Morgan fingerprint density at radius 3 is 2.47 bits per heavy atom. The van der Waals surface area contributed by atoms with Crippen LogP contribution in [0, 0.1) is 6.92 Å². The highest BCUT2D eigenvalue weighted by atomic mass is 16.5. The fraction of sp³-hybridized carbons (Fsp3) is 0.375. The van der Waals surface area contributed by atoms with Crippen molar-refractivity contribution < 1.29 is 14.1 Å². The van der Waals surface area contributed by atoms with Gasteiger partial charge in [-0.05, 0) is 36.9 Å². The van der Waals surface area contributed by atoms with Gasteiger partial charge >= 0.3 is 0 Å². The summed E-state index contributed by atoms with van der Waals surface area (Å²) in [7, 11) is 2.14. The SMILES string of the molecule is Cc1nc(COc2ccc(C(=O)NC(CN3CCN(C)CC3)c3ccccc3)cc2)no1. The molecule has 2 heterocycles. The molecule has 168 valence electrons. The zero-order chi connectivity index (χ0) is 22.3. The Morgan fingerprint density at radius 1 is 1.09 bits per heavy atom. The van der Waals surface area contributed by atoms with Gasteiger partial charge in [0.25, 0.3) is 5.91 Å². The molecule has 8 heteroatoms. The van der Waals surface area contributed by atoms with Gasteiger partial charge < -0.3 is 19.5 Å². The fourth-order valence-electron chi connectivity index (χ4n) is 3.70. The monoisotopic (exact) mass is 435 g/mol. The number of piperazine rings is 1. The lowest BCUT2D eigenvalue weighted by molar-refractivity contribution is 0.0907. The maximum atomic E-state index is 13.0. The van der Waals surface area contributed by atoms with Crippen molar-refractivity contribution in [2.45, 2.75) is 19.6 Å². The number of aryl methyl sites for hydroxylation is 1. The standard InChI is InChI=1S/C24H29N5O3/c1-18-25-23(27-32-18)17-31-21-10-8-20(9-11-21)24(30)26-22(19-6-4-3-5-7-19)16-29-14-12-28(2)13-15-29/h3-11,22H,12-17H2,1-2H3,(H,26,30). The van der Waals surface area contributed by atoms with Crippen molar-refractivity contribution in [2.75, 3.05) is 39.8 Å². The molecule has 1 aromatic heterocycles. The van der Waals surface area contributed by atoms with Crippen molar-refractivity contribution in [1.29, 1.82) is 0 Å². The van der Waals surface area contributed by atoms with E-state index in [1.54, 1.807) is 31.2 Å². The van der Waals surface area contributed by atoms with Gasteiger partial charge in [-0.25, -0.2) is 0 Å². The third kappa shape index (κ3) is 5.93. The predicted octanol–water partition coefficient (Wildman–Crippen LogP) is 2.68. The number of nitrogens with one attached hydrogen (secondary N) is 1. The number of amides is 1. The molecule has 1 amide bonds. The smallest absolute Gasteiger partial charge is 0.251 e. The van der Waals surface area contributed by atoms with Gasteiger partial charge in [0, 0.05) is 45.2 Å². The highest BCUT2D eigenvalue weighted by molar-refractivity contribution is 5.94. The lowest BCUT2D eigenvalue weighted by Gasteiger charge is -2.35. The molecule has 1 N–H and O–H groups in total. The number of hydrogen-bond acceptors (Lipinski definition) is 7. The minimum absolute atomic E-state index is 0.0792. The van der Waals surface area contributed by atoms with E-state index in [-0.39, 0.29) is 18.6 Å². The molecule has 8 nitrogen and oxygen atoms in total. The van der Waals surface area contributed by atoms with Crippen LogP contribution in [0.25, 0.3) is 0 Å². The molecule has 32 heavy (non-hydrogen) atoms. The topological polar surface area (TPSA) is 83.7 Å². The molecular weight excluding hydrogens is 406 g/mol. The van der Waals surface area contributed by atoms with Crippen molar-refractivity contribution in [2.24, 2.45) is 0 Å². The molecule has 3 aromatic rings. The molecule has 0 bridgehead atoms. The Labute approximate surface area is 188 Å². The van der Waals surface area contributed by atoms with Crippen LogP contribution in [0.5, 0.6) is 5.75 Å². The van der Waals surface area contributed by atoms with Crippen molar-refractivity contribution in [3.05, 3.63) is 77.4 Å². The van der Waals surface area contributed by atoms with Crippen LogP contribution in [-0.4, -0.2) is 65.6 Å². The Kier molecular flexibility index (Phi) is 7.14. The van der Waals surface area contributed by atoms with E-state index in [1.807, 2.05) is 18.2 Å². The fourth-order valence-corrected chi connectivity index (χ4v) is 3.70. The second-order valence-corrected chi connectivity index (χ2v) is 8.08. The van der Waals surface area contributed by atoms with Crippen LogP contribution in [0.3, 0.4) is 0 Å². The van der Waals surface area contributed by atoms with Crippen molar-refractivity contribution in [1.82, 2.24) is 25.3 Å². The summed E-state index contributed by atoms with van der Waals surface area (Å²) >= 11 is 0. The van der Waals surface area contributed by atoms with Gasteiger partial charge in [-0.15, -0.1) is 0 Å². The molecule has 4 rings (SSSR count). The van der Waals surface area contributed by atoms with E-state index in [1.165, 1.54) is 0 Å². The summed E-state index contributed by atoms with van der Waals surface area (Å²) in [5.74, 6) is 1.52. The van der Waals surface area contributed by atoms with Crippen molar-refractivity contribution in [3.8, 4) is 5.75 Å². The molecule has 0 radical (unpaired) electrons. The lowest BCUT2D eigenvalue weighted by Crippen LogP contribution is -2.47. The van der Waals surface area contributed by atoms with Gasteiger partial charge in [-0.3, -0.25) is 9.69 Å². The van der Waals surface area contributed by atoms with Crippen LogP contribution in [0.15, 0.2) is 59.1 Å². The molecular formula is C24H29N5O3. The first-order valence-corrected chi connectivity index (χ1v) is 10.9. The molecule has 0 saturated carbocycles.